The van der Waals surface area contributed by atoms with Gasteiger partial charge in [-0.15, -0.1) is 0 Å². The Labute approximate surface area is 130 Å². The summed E-state index contributed by atoms with van der Waals surface area (Å²) in [5.74, 6) is 0.276. The van der Waals surface area contributed by atoms with E-state index in [1.54, 1.807) is 0 Å². The monoisotopic (exact) mass is 305 g/mol. The SMILES string of the molecule is Cc1cccc([C@@H](CC(=O)NC[C@H]2CCOC2)NC(N)=O)c1. The molecule has 4 N–H and O–H groups in total. The molecule has 0 unspecified atom stereocenters. The summed E-state index contributed by atoms with van der Waals surface area (Å²) in [6, 6.07) is 6.63. The Morgan fingerprint density at radius 1 is 1.45 bits per heavy atom. The molecule has 120 valence electrons. The molecule has 0 spiro atoms. The van der Waals surface area contributed by atoms with E-state index in [2.05, 4.69) is 10.6 Å². The van der Waals surface area contributed by atoms with Crippen molar-refractivity contribution in [3.05, 3.63) is 35.4 Å². The third kappa shape index (κ3) is 5.04. The minimum absolute atomic E-state index is 0.104. The van der Waals surface area contributed by atoms with Crippen molar-refractivity contribution in [3.8, 4) is 0 Å². The van der Waals surface area contributed by atoms with E-state index < -0.39 is 12.1 Å². The van der Waals surface area contributed by atoms with Gasteiger partial charge in [-0.1, -0.05) is 29.8 Å². The van der Waals surface area contributed by atoms with Gasteiger partial charge in [0.05, 0.1) is 19.1 Å². The maximum atomic E-state index is 12.1. The maximum absolute atomic E-state index is 12.1. The molecule has 0 radical (unpaired) electrons. The number of hydrogen-bond acceptors (Lipinski definition) is 3. The van der Waals surface area contributed by atoms with Crippen LogP contribution >= 0.6 is 0 Å². The van der Waals surface area contributed by atoms with Crippen molar-refractivity contribution in [2.75, 3.05) is 19.8 Å². The highest BCUT2D eigenvalue weighted by Gasteiger charge is 2.20. The van der Waals surface area contributed by atoms with Crippen LogP contribution in [0.25, 0.3) is 0 Å². The van der Waals surface area contributed by atoms with Gasteiger partial charge in [-0.3, -0.25) is 4.79 Å². The van der Waals surface area contributed by atoms with Gasteiger partial charge < -0.3 is 21.1 Å². The molecule has 2 atom stereocenters. The molecular weight excluding hydrogens is 282 g/mol. The molecule has 1 aliphatic rings. The van der Waals surface area contributed by atoms with Crippen molar-refractivity contribution in [1.82, 2.24) is 10.6 Å². The lowest BCUT2D eigenvalue weighted by Gasteiger charge is -2.19. The molecule has 6 nitrogen and oxygen atoms in total. The molecule has 0 aliphatic carbocycles. The molecule has 0 bridgehead atoms. The van der Waals surface area contributed by atoms with E-state index in [0.717, 1.165) is 24.2 Å². The highest BCUT2D eigenvalue weighted by Crippen LogP contribution is 2.18. The van der Waals surface area contributed by atoms with Gasteiger partial charge in [-0.2, -0.15) is 0 Å². The molecule has 1 saturated heterocycles. The molecule has 1 fully saturated rings. The van der Waals surface area contributed by atoms with Gasteiger partial charge in [0.25, 0.3) is 0 Å². The van der Waals surface area contributed by atoms with Gasteiger partial charge in [-0.25, -0.2) is 4.79 Å². The van der Waals surface area contributed by atoms with Crippen LogP contribution in [0.1, 0.15) is 30.0 Å². The molecule has 22 heavy (non-hydrogen) atoms. The van der Waals surface area contributed by atoms with Gasteiger partial charge in [0.15, 0.2) is 0 Å². The second-order valence-corrected chi connectivity index (χ2v) is 5.71. The van der Waals surface area contributed by atoms with Crippen LogP contribution in [-0.4, -0.2) is 31.7 Å². The minimum atomic E-state index is -0.636. The van der Waals surface area contributed by atoms with Crippen LogP contribution in [0.15, 0.2) is 24.3 Å². The van der Waals surface area contributed by atoms with Gasteiger partial charge in [-0.05, 0) is 18.9 Å². The van der Waals surface area contributed by atoms with Crippen LogP contribution in [0.3, 0.4) is 0 Å². The first-order valence-electron chi connectivity index (χ1n) is 7.51. The van der Waals surface area contributed by atoms with Gasteiger partial charge in [0.1, 0.15) is 0 Å². The van der Waals surface area contributed by atoms with E-state index in [9.17, 15) is 9.59 Å². The third-order valence-electron chi connectivity index (χ3n) is 3.76. The van der Waals surface area contributed by atoms with E-state index >= 15 is 0 Å². The van der Waals surface area contributed by atoms with Crippen molar-refractivity contribution in [1.29, 1.82) is 0 Å². The standard InChI is InChI=1S/C16H23N3O3/c1-11-3-2-4-13(7-11)14(19-16(17)21)8-15(20)18-9-12-5-6-22-10-12/h2-4,7,12,14H,5-6,8-10H2,1H3,(H,18,20)(H3,17,19,21)/t12-,14-/m1/s1. The van der Waals surface area contributed by atoms with E-state index in [0.29, 0.717) is 19.1 Å². The number of benzene rings is 1. The molecule has 2 rings (SSSR count). The predicted molar refractivity (Wildman–Crippen MR) is 83.2 cm³/mol. The fraction of sp³-hybridized carbons (Fsp3) is 0.500. The lowest BCUT2D eigenvalue weighted by molar-refractivity contribution is -0.121. The number of aryl methyl sites for hydroxylation is 1. The molecular formula is C16H23N3O3. The van der Waals surface area contributed by atoms with Crippen LogP contribution in [0.2, 0.25) is 0 Å². The van der Waals surface area contributed by atoms with E-state index in [1.165, 1.54) is 0 Å². The second kappa shape index (κ2) is 7.79. The molecule has 1 aliphatic heterocycles. The van der Waals surface area contributed by atoms with E-state index in [-0.39, 0.29) is 12.3 Å². The summed E-state index contributed by atoms with van der Waals surface area (Å²) in [5.41, 5.74) is 7.16. The first-order valence-corrected chi connectivity index (χ1v) is 7.51. The molecule has 1 aromatic carbocycles. The van der Waals surface area contributed by atoms with Crippen molar-refractivity contribution in [2.24, 2.45) is 11.7 Å². The fourth-order valence-electron chi connectivity index (χ4n) is 2.57. The van der Waals surface area contributed by atoms with Crippen molar-refractivity contribution in [3.63, 3.8) is 0 Å². The Morgan fingerprint density at radius 2 is 2.27 bits per heavy atom. The molecule has 3 amide bonds. The Balaban J connectivity index is 1.93. The average Bonchev–Trinajstić information content (AvgIpc) is 2.97. The first-order chi connectivity index (χ1) is 10.5. The molecule has 0 aromatic heterocycles. The Morgan fingerprint density at radius 3 is 2.91 bits per heavy atom. The lowest BCUT2D eigenvalue weighted by Crippen LogP contribution is -2.37. The number of carbonyl (C=O) groups is 2. The summed E-state index contributed by atoms with van der Waals surface area (Å²) in [7, 11) is 0. The highest BCUT2D eigenvalue weighted by molar-refractivity contribution is 5.78. The second-order valence-electron chi connectivity index (χ2n) is 5.71. The van der Waals surface area contributed by atoms with Gasteiger partial charge >= 0.3 is 6.03 Å². The Kier molecular flexibility index (Phi) is 5.77. The molecule has 6 heteroatoms. The number of ether oxygens (including phenoxy) is 1. The van der Waals surface area contributed by atoms with Crippen LogP contribution < -0.4 is 16.4 Å². The lowest BCUT2D eigenvalue weighted by atomic mass is 10.0. The predicted octanol–water partition coefficient (Wildman–Crippen LogP) is 1.25. The Hall–Kier alpha value is -2.08. The van der Waals surface area contributed by atoms with Crippen molar-refractivity contribution < 1.29 is 14.3 Å². The number of primary amides is 1. The van der Waals surface area contributed by atoms with Crippen LogP contribution in [-0.2, 0) is 9.53 Å². The number of nitrogens with one attached hydrogen (secondary N) is 2. The van der Waals surface area contributed by atoms with Crippen LogP contribution in [0.4, 0.5) is 4.79 Å². The largest absolute Gasteiger partial charge is 0.381 e. The zero-order valence-corrected chi connectivity index (χ0v) is 12.8. The van der Waals surface area contributed by atoms with E-state index in [1.807, 2.05) is 31.2 Å². The number of amides is 3. The highest BCUT2D eigenvalue weighted by atomic mass is 16.5. The Bertz CT molecular complexity index is 527. The topological polar surface area (TPSA) is 93.4 Å². The number of nitrogens with two attached hydrogens (primary N) is 1. The summed E-state index contributed by atoms with van der Waals surface area (Å²) < 4.78 is 5.28. The van der Waals surface area contributed by atoms with Crippen LogP contribution in [0, 0.1) is 12.8 Å². The van der Waals surface area contributed by atoms with Crippen LogP contribution in [0.5, 0.6) is 0 Å². The zero-order chi connectivity index (χ0) is 15.9. The molecule has 0 saturated carbocycles. The summed E-state index contributed by atoms with van der Waals surface area (Å²) in [6.07, 6.45) is 1.14. The van der Waals surface area contributed by atoms with Gasteiger partial charge in [0.2, 0.25) is 5.91 Å². The quantitative estimate of drug-likeness (QED) is 0.738. The zero-order valence-electron chi connectivity index (χ0n) is 12.8. The molecule has 1 heterocycles. The number of rotatable bonds is 6. The first kappa shape index (κ1) is 16.3. The number of urea groups is 1. The van der Waals surface area contributed by atoms with E-state index in [4.69, 9.17) is 10.5 Å². The summed E-state index contributed by atoms with van der Waals surface area (Å²) in [4.78, 5) is 23.3. The smallest absolute Gasteiger partial charge is 0.312 e. The van der Waals surface area contributed by atoms with Crippen molar-refractivity contribution >= 4 is 11.9 Å². The summed E-state index contributed by atoms with van der Waals surface area (Å²) >= 11 is 0. The maximum Gasteiger partial charge on any atom is 0.312 e. The van der Waals surface area contributed by atoms with Crippen molar-refractivity contribution in [2.45, 2.75) is 25.8 Å². The summed E-state index contributed by atoms with van der Waals surface area (Å²) in [6.45, 7) is 4.03. The third-order valence-corrected chi connectivity index (χ3v) is 3.76. The number of hydrogen-bond donors (Lipinski definition) is 3. The normalized spacial score (nSPS) is 18.7. The van der Waals surface area contributed by atoms with Gasteiger partial charge in [0, 0.05) is 19.1 Å². The number of carbonyl (C=O) groups excluding carboxylic acids is 2. The summed E-state index contributed by atoms with van der Waals surface area (Å²) in [5, 5.41) is 5.54. The fourth-order valence-corrected chi connectivity index (χ4v) is 2.57. The minimum Gasteiger partial charge on any atom is -0.381 e. The average molecular weight is 305 g/mol. The molecule has 1 aromatic rings.